The highest BCUT2D eigenvalue weighted by Crippen LogP contribution is 2.26. The molecule has 0 bridgehead atoms. The average molecular weight is 291 g/mol. The third kappa shape index (κ3) is 2.70. The lowest BCUT2D eigenvalue weighted by Gasteiger charge is -2.08. The predicted octanol–water partition coefficient (Wildman–Crippen LogP) is 3.21. The molecule has 4 nitrogen and oxygen atoms in total. The summed E-state index contributed by atoms with van der Waals surface area (Å²) < 4.78 is 10.8. The van der Waals surface area contributed by atoms with Gasteiger partial charge in [-0.2, -0.15) is 0 Å². The van der Waals surface area contributed by atoms with Crippen molar-refractivity contribution in [3.63, 3.8) is 0 Å². The summed E-state index contributed by atoms with van der Waals surface area (Å²) >= 11 is 6.17. The first-order chi connectivity index (χ1) is 9.76. The van der Waals surface area contributed by atoms with Crippen molar-refractivity contribution < 1.29 is 9.47 Å². The first kappa shape index (κ1) is 13.2. The van der Waals surface area contributed by atoms with Crippen molar-refractivity contribution in [3.05, 3.63) is 46.5 Å². The molecule has 5 heteroatoms. The van der Waals surface area contributed by atoms with Crippen LogP contribution in [0.4, 0.5) is 0 Å². The molecule has 0 amide bonds. The molecule has 0 unspecified atom stereocenters. The molecule has 0 saturated carbocycles. The lowest BCUT2D eigenvalue weighted by molar-refractivity contribution is 0.294. The summed E-state index contributed by atoms with van der Waals surface area (Å²) in [6, 6.07) is 7.42. The van der Waals surface area contributed by atoms with Crippen LogP contribution >= 0.6 is 11.6 Å². The second-order valence-electron chi connectivity index (χ2n) is 4.67. The van der Waals surface area contributed by atoms with Crippen molar-refractivity contribution in [2.75, 3.05) is 7.11 Å². The molecule has 0 N–H and O–H groups in total. The Hall–Kier alpha value is -1.81. The van der Waals surface area contributed by atoms with E-state index in [0.717, 1.165) is 42.0 Å². The van der Waals surface area contributed by atoms with Gasteiger partial charge in [0, 0.05) is 11.3 Å². The standard InChI is InChI=1S/C15H15ClN2O2/c1-19-10-5-7-11(8-6-10)20-9-14-17-13-4-2-3-12(13)15(16)18-14/h5-8H,2-4,9H2,1H3. The molecule has 0 spiro atoms. The van der Waals surface area contributed by atoms with Crippen molar-refractivity contribution >= 4 is 11.6 Å². The summed E-state index contributed by atoms with van der Waals surface area (Å²) in [4.78, 5) is 8.82. The molecular formula is C15H15ClN2O2. The molecule has 0 atom stereocenters. The smallest absolute Gasteiger partial charge is 0.167 e. The van der Waals surface area contributed by atoms with Crippen LogP contribution in [0.5, 0.6) is 11.5 Å². The topological polar surface area (TPSA) is 44.2 Å². The number of hydrogen-bond donors (Lipinski definition) is 0. The zero-order chi connectivity index (χ0) is 13.9. The van der Waals surface area contributed by atoms with Crippen molar-refractivity contribution in [1.82, 2.24) is 9.97 Å². The monoisotopic (exact) mass is 290 g/mol. The van der Waals surface area contributed by atoms with Crippen LogP contribution in [0.25, 0.3) is 0 Å². The second-order valence-corrected chi connectivity index (χ2v) is 5.03. The number of fused-ring (bicyclic) bond motifs is 1. The van der Waals surface area contributed by atoms with E-state index in [0.29, 0.717) is 17.6 Å². The number of aromatic nitrogens is 2. The highest BCUT2D eigenvalue weighted by molar-refractivity contribution is 6.30. The molecule has 104 valence electrons. The molecule has 1 aromatic carbocycles. The second kappa shape index (κ2) is 5.67. The fraction of sp³-hybridized carbons (Fsp3) is 0.333. The largest absolute Gasteiger partial charge is 0.497 e. The maximum Gasteiger partial charge on any atom is 0.167 e. The molecule has 2 aromatic rings. The van der Waals surface area contributed by atoms with Gasteiger partial charge in [-0.25, -0.2) is 9.97 Å². The van der Waals surface area contributed by atoms with E-state index in [-0.39, 0.29) is 0 Å². The highest BCUT2D eigenvalue weighted by Gasteiger charge is 2.18. The van der Waals surface area contributed by atoms with Gasteiger partial charge < -0.3 is 9.47 Å². The van der Waals surface area contributed by atoms with Crippen molar-refractivity contribution in [2.24, 2.45) is 0 Å². The van der Waals surface area contributed by atoms with Crippen LogP contribution < -0.4 is 9.47 Å². The maximum atomic E-state index is 6.17. The quantitative estimate of drug-likeness (QED) is 0.811. The Kier molecular flexibility index (Phi) is 3.74. The minimum atomic E-state index is 0.319. The lowest BCUT2D eigenvalue weighted by Crippen LogP contribution is -2.05. The molecule has 3 rings (SSSR count). The minimum absolute atomic E-state index is 0.319. The highest BCUT2D eigenvalue weighted by atomic mass is 35.5. The van der Waals surface area contributed by atoms with Gasteiger partial charge in [0.05, 0.1) is 7.11 Å². The predicted molar refractivity (Wildman–Crippen MR) is 76.4 cm³/mol. The van der Waals surface area contributed by atoms with Gasteiger partial charge in [-0.05, 0) is 43.5 Å². The van der Waals surface area contributed by atoms with Gasteiger partial charge in [-0.15, -0.1) is 0 Å². The molecule has 0 radical (unpaired) electrons. The molecule has 1 aromatic heterocycles. The zero-order valence-electron chi connectivity index (χ0n) is 11.2. The first-order valence-electron chi connectivity index (χ1n) is 6.57. The van der Waals surface area contributed by atoms with Gasteiger partial charge in [-0.1, -0.05) is 11.6 Å². The van der Waals surface area contributed by atoms with E-state index in [1.165, 1.54) is 0 Å². The summed E-state index contributed by atoms with van der Waals surface area (Å²) in [6.07, 6.45) is 3.06. The number of methoxy groups -OCH3 is 1. The number of rotatable bonds is 4. The molecule has 1 aliphatic rings. The van der Waals surface area contributed by atoms with Crippen LogP contribution in [-0.2, 0) is 19.4 Å². The van der Waals surface area contributed by atoms with E-state index in [9.17, 15) is 0 Å². The minimum Gasteiger partial charge on any atom is -0.497 e. The first-order valence-corrected chi connectivity index (χ1v) is 6.95. The fourth-order valence-corrected chi connectivity index (χ4v) is 2.62. The third-order valence-corrected chi connectivity index (χ3v) is 3.67. The molecule has 0 aliphatic heterocycles. The summed E-state index contributed by atoms with van der Waals surface area (Å²) in [6.45, 7) is 0.319. The number of hydrogen-bond acceptors (Lipinski definition) is 4. The summed E-state index contributed by atoms with van der Waals surface area (Å²) in [5.41, 5.74) is 2.16. The van der Waals surface area contributed by atoms with Crippen molar-refractivity contribution in [2.45, 2.75) is 25.9 Å². The summed E-state index contributed by atoms with van der Waals surface area (Å²) in [5.74, 6) is 2.19. The van der Waals surface area contributed by atoms with Gasteiger partial charge >= 0.3 is 0 Å². The van der Waals surface area contributed by atoms with Crippen molar-refractivity contribution in [1.29, 1.82) is 0 Å². The van der Waals surface area contributed by atoms with Gasteiger partial charge in [0.1, 0.15) is 23.3 Å². The van der Waals surface area contributed by atoms with E-state index in [1.807, 2.05) is 24.3 Å². The van der Waals surface area contributed by atoms with E-state index in [1.54, 1.807) is 7.11 Å². The molecule has 0 saturated heterocycles. The van der Waals surface area contributed by atoms with Crippen LogP contribution in [0, 0.1) is 0 Å². The van der Waals surface area contributed by atoms with Gasteiger partial charge in [-0.3, -0.25) is 0 Å². The molecule has 1 heterocycles. The fourth-order valence-electron chi connectivity index (χ4n) is 2.32. The maximum absolute atomic E-state index is 6.17. The van der Waals surface area contributed by atoms with E-state index < -0.39 is 0 Å². The van der Waals surface area contributed by atoms with E-state index in [2.05, 4.69) is 9.97 Å². The van der Waals surface area contributed by atoms with Crippen LogP contribution in [0.3, 0.4) is 0 Å². The Morgan fingerprint density at radius 2 is 1.85 bits per heavy atom. The van der Waals surface area contributed by atoms with Crippen LogP contribution in [0.2, 0.25) is 5.15 Å². The Labute approximate surface area is 122 Å². The van der Waals surface area contributed by atoms with Gasteiger partial charge in [0.2, 0.25) is 0 Å². The lowest BCUT2D eigenvalue weighted by atomic mass is 10.3. The zero-order valence-corrected chi connectivity index (χ0v) is 12.0. The Morgan fingerprint density at radius 3 is 2.60 bits per heavy atom. The number of halogens is 1. The number of nitrogens with zero attached hydrogens (tertiary/aromatic N) is 2. The van der Waals surface area contributed by atoms with E-state index >= 15 is 0 Å². The molecular weight excluding hydrogens is 276 g/mol. The normalized spacial score (nSPS) is 13.1. The van der Waals surface area contributed by atoms with Crippen molar-refractivity contribution in [3.8, 4) is 11.5 Å². The molecule has 20 heavy (non-hydrogen) atoms. The number of benzene rings is 1. The number of aryl methyl sites for hydroxylation is 1. The van der Waals surface area contributed by atoms with E-state index in [4.69, 9.17) is 21.1 Å². The van der Waals surface area contributed by atoms with Crippen LogP contribution in [0.15, 0.2) is 24.3 Å². The SMILES string of the molecule is COc1ccc(OCc2nc(Cl)c3c(n2)CCC3)cc1. The van der Waals surface area contributed by atoms with Gasteiger partial charge in [0.15, 0.2) is 5.82 Å². The summed E-state index contributed by atoms with van der Waals surface area (Å²) in [7, 11) is 1.64. The Balaban J connectivity index is 1.70. The van der Waals surface area contributed by atoms with Crippen LogP contribution in [-0.4, -0.2) is 17.1 Å². The molecule has 0 fully saturated rings. The summed E-state index contributed by atoms with van der Waals surface area (Å²) in [5, 5.41) is 0.570. The Morgan fingerprint density at radius 1 is 1.10 bits per heavy atom. The number of ether oxygens (including phenoxy) is 2. The van der Waals surface area contributed by atoms with Gasteiger partial charge in [0.25, 0.3) is 0 Å². The Bertz CT molecular complexity index is 614. The molecule has 1 aliphatic carbocycles. The average Bonchev–Trinajstić information content (AvgIpc) is 2.94. The third-order valence-electron chi connectivity index (χ3n) is 3.36. The van der Waals surface area contributed by atoms with Crippen LogP contribution in [0.1, 0.15) is 23.5 Å².